The topological polar surface area (TPSA) is 59.3 Å². The van der Waals surface area contributed by atoms with Crippen LogP contribution in [0.15, 0.2) is 23.0 Å². The van der Waals surface area contributed by atoms with E-state index in [1.165, 1.54) is 10.6 Å². The number of pyridine rings is 1. The predicted molar refractivity (Wildman–Crippen MR) is 50.3 cm³/mol. The van der Waals surface area contributed by atoms with E-state index in [1.807, 2.05) is 0 Å². The molecule has 1 heterocycles. The Morgan fingerprint density at radius 3 is 2.57 bits per heavy atom. The number of hydrogen-bond acceptors (Lipinski definition) is 2. The Hall–Kier alpha value is -1.58. The van der Waals surface area contributed by atoms with Crippen LogP contribution in [0, 0.1) is 6.92 Å². The molecule has 1 aliphatic rings. The highest BCUT2D eigenvalue weighted by molar-refractivity contribution is 5.80. The summed E-state index contributed by atoms with van der Waals surface area (Å²) in [5.74, 6) is -0.908. The van der Waals surface area contributed by atoms with Crippen LogP contribution >= 0.6 is 0 Å². The molecule has 0 amide bonds. The van der Waals surface area contributed by atoms with E-state index in [4.69, 9.17) is 5.11 Å². The van der Waals surface area contributed by atoms with Crippen LogP contribution in [0.1, 0.15) is 18.5 Å². The molecule has 74 valence electrons. The molecule has 4 nitrogen and oxygen atoms in total. The molecule has 0 radical (unpaired) electrons. The van der Waals surface area contributed by atoms with E-state index in [9.17, 15) is 9.59 Å². The van der Waals surface area contributed by atoms with Crippen LogP contribution in [0.2, 0.25) is 0 Å². The zero-order valence-electron chi connectivity index (χ0n) is 7.86. The van der Waals surface area contributed by atoms with Crippen molar-refractivity contribution >= 4 is 5.97 Å². The molecular weight excluding hydrogens is 182 g/mol. The molecule has 0 aliphatic heterocycles. The minimum atomic E-state index is -0.956. The number of aryl methyl sites for hydroxylation is 1. The maximum absolute atomic E-state index is 11.5. The Labute approximate surface area is 80.8 Å². The monoisotopic (exact) mass is 193 g/mol. The summed E-state index contributed by atoms with van der Waals surface area (Å²) in [4.78, 5) is 22.6. The largest absolute Gasteiger partial charge is 0.479 e. The van der Waals surface area contributed by atoms with Gasteiger partial charge in [-0.1, -0.05) is 6.07 Å². The van der Waals surface area contributed by atoms with Crippen molar-refractivity contribution in [2.24, 2.45) is 0 Å². The third-order valence-electron chi connectivity index (χ3n) is 2.70. The van der Waals surface area contributed by atoms with Crippen molar-refractivity contribution < 1.29 is 9.90 Å². The van der Waals surface area contributed by atoms with Gasteiger partial charge in [0.2, 0.25) is 0 Å². The third-order valence-corrected chi connectivity index (χ3v) is 2.70. The smallest absolute Gasteiger partial charge is 0.330 e. The molecule has 0 saturated heterocycles. The fraction of sp³-hybridized carbons (Fsp3) is 0.400. The summed E-state index contributed by atoms with van der Waals surface area (Å²) >= 11 is 0. The second-order valence-electron chi connectivity index (χ2n) is 3.68. The molecule has 2 rings (SSSR count). The molecule has 4 heteroatoms. The molecule has 0 bridgehead atoms. The van der Waals surface area contributed by atoms with Gasteiger partial charge in [0, 0.05) is 11.8 Å². The number of aliphatic carboxylic acids is 1. The molecule has 0 spiro atoms. The van der Waals surface area contributed by atoms with Crippen LogP contribution in [-0.2, 0) is 10.3 Å². The van der Waals surface area contributed by atoms with Gasteiger partial charge in [0.05, 0.1) is 0 Å². The van der Waals surface area contributed by atoms with Crippen LogP contribution < -0.4 is 5.56 Å². The van der Waals surface area contributed by atoms with Gasteiger partial charge in [-0.2, -0.15) is 0 Å². The van der Waals surface area contributed by atoms with Crippen LogP contribution in [0.4, 0.5) is 0 Å². The average Bonchev–Trinajstić information content (AvgIpc) is 2.85. The normalized spacial score (nSPS) is 17.8. The highest BCUT2D eigenvalue weighted by Crippen LogP contribution is 2.43. The summed E-state index contributed by atoms with van der Waals surface area (Å²) in [5, 5.41) is 9.05. The number of carbonyl (C=O) groups is 1. The number of aromatic nitrogens is 1. The third kappa shape index (κ3) is 1.07. The van der Waals surface area contributed by atoms with Crippen molar-refractivity contribution in [2.45, 2.75) is 25.3 Å². The van der Waals surface area contributed by atoms with Crippen LogP contribution in [0.3, 0.4) is 0 Å². The molecule has 1 fully saturated rings. The Kier molecular flexibility index (Phi) is 1.74. The van der Waals surface area contributed by atoms with Crippen molar-refractivity contribution in [1.82, 2.24) is 4.57 Å². The van der Waals surface area contributed by atoms with Crippen molar-refractivity contribution in [3.63, 3.8) is 0 Å². The Balaban J connectivity index is 2.63. The quantitative estimate of drug-likeness (QED) is 0.753. The lowest BCUT2D eigenvalue weighted by molar-refractivity contribution is -0.142. The van der Waals surface area contributed by atoms with E-state index >= 15 is 0 Å². The molecule has 0 unspecified atom stereocenters. The Morgan fingerprint density at radius 2 is 2.14 bits per heavy atom. The lowest BCUT2D eigenvalue weighted by Crippen LogP contribution is -2.37. The van der Waals surface area contributed by atoms with Crippen LogP contribution in [-0.4, -0.2) is 15.6 Å². The maximum Gasteiger partial charge on any atom is 0.330 e. The van der Waals surface area contributed by atoms with Gasteiger partial charge in [0.15, 0.2) is 0 Å². The lowest BCUT2D eigenvalue weighted by Gasteiger charge is -2.16. The standard InChI is InChI=1S/C10H11NO3/c1-7-3-2-4-8(12)11(7)10(5-6-10)9(13)14/h2-4H,5-6H2,1H3,(H,13,14). The summed E-state index contributed by atoms with van der Waals surface area (Å²) in [6.07, 6.45) is 1.10. The first-order valence-corrected chi connectivity index (χ1v) is 4.50. The maximum atomic E-state index is 11.5. The molecule has 1 saturated carbocycles. The molecule has 0 aromatic carbocycles. The van der Waals surface area contributed by atoms with Crippen molar-refractivity contribution in [3.8, 4) is 0 Å². The number of rotatable bonds is 2. The van der Waals surface area contributed by atoms with E-state index in [1.54, 1.807) is 19.1 Å². The minimum Gasteiger partial charge on any atom is -0.479 e. The first-order chi connectivity index (χ1) is 6.58. The number of nitrogens with zero attached hydrogens (tertiary/aromatic N) is 1. The van der Waals surface area contributed by atoms with Crippen LogP contribution in [0.25, 0.3) is 0 Å². The number of hydrogen-bond donors (Lipinski definition) is 1. The van der Waals surface area contributed by atoms with Gasteiger partial charge in [-0.25, -0.2) is 4.79 Å². The number of carboxylic acid groups (broad SMARTS) is 1. The molecule has 1 aromatic heterocycles. The summed E-state index contributed by atoms with van der Waals surface area (Å²) < 4.78 is 1.38. The average molecular weight is 193 g/mol. The van der Waals surface area contributed by atoms with Gasteiger partial charge >= 0.3 is 5.97 Å². The van der Waals surface area contributed by atoms with E-state index in [0.717, 1.165) is 0 Å². The van der Waals surface area contributed by atoms with Crippen molar-refractivity contribution in [2.75, 3.05) is 0 Å². The molecule has 0 atom stereocenters. The highest BCUT2D eigenvalue weighted by Gasteiger charge is 2.53. The Bertz CT molecular complexity index is 443. The fourth-order valence-electron chi connectivity index (χ4n) is 1.79. The predicted octanol–water partition coefficient (Wildman–Crippen LogP) is 0.730. The summed E-state index contributed by atoms with van der Waals surface area (Å²) in [5.41, 5.74) is -0.482. The van der Waals surface area contributed by atoms with Crippen molar-refractivity contribution in [1.29, 1.82) is 0 Å². The summed E-state index contributed by atoms with van der Waals surface area (Å²) in [6.45, 7) is 1.75. The highest BCUT2D eigenvalue weighted by atomic mass is 16.4. The van der Waals surface area contributed by atoms with Crippen LogP contribution in [0.5, 0.6) is 0 Å². The van der Waals surface area contributed by atoms with Gasteiger partial charge in [0.1, 0.15) is 5.54 Å². The summed E-state index contributed by atoms with van der Waals surface area (Å²) in [6, 6.07) is 4.80. The van der Waals surface area contributed by atoms with E-state index in [2.05, 4.69) is 0 Å². The van der Waals surface area contributed by atoms with Gasteiger partial charge in [-0.15, -0.1) is 0 Å². The fourth-order valence-corrected chi connectivity index (χ4v) is 1.79. The summed E-state index contributed by atoms with van der Waals surface area (Å²) in [7, 11) is 0. The van der Waals surface area contributed by atoms with E-state index < -0.39 is 11.5 Å². The Morgan fingerprint density at radius 1 is 1.50 bits per heavy atom. The molecule has 1 aliphatic carbocycles. The first-order valence-electron chi connectivity index (χ1n) is 4.50. The van der Waals surface area contributed by atoms with Gasteiger partial charge in [-0.3, -0.25) is 9.36 Å². The van der Waals surface area contributed by atoms with Gasteiger partial charge in [-0.05, 0) is 25.8 Å². The van der Waals surface area contributed by atoms with Crippen molar-refractivity contribution in [3.05, 3.63) is 34.2 Å². The van der Waals surface area contributed by atoms with Gasteiger partial charge in [0.25, 0.3) is 5.56 Å². The SMILES string of the molecule is Cc1cccc(=O)n1C1(C(=O)O)CC1. The molecule has 1 N–H and O–H groups in total. The molecule has 14 heavy (non-hydrogen) atoms. The zero-order chi connectivity index (χ0) is 10.3. The lowest BCUT2D eigenvalue weighted by atomic mass is 10.2. The first kappa shape index (κ1) is 8.99. The minimum absolute atomic E-state index is 0.232. The second kappa shape index (κ2) is 2.70. The second-order valence-corrected chi connectivity index (χ2v) is 3.68. The molecule has 1 aromatic rings. The molecular formula is C10H11NO3. The zero-order valence-corrected chi connectivity index (χ0v) is 7.86. The number of carboxylic acids is 1. The van der Waals surface area contributed by atoms with E-state index in [0.29, 0.717) is 18.5 Å². The van der Waals surface area contributed by atoms with E-state index in [-0.39, 0.29) is 5.56 Å². The van der Waals surface area contributed by atoms with Gasteiger partial charge < -0.3 is 5.11 Å².